The molecule has 0 saturated heterocycles. The first-order valence-corrected chi connectivity index (χ1v) is 11.2. The Bertz CT molecular complexity index is 1010. The van der Waals surface area contributed by atoms with Crippen LogP contribution in [0.4, 0.5) is 4.79 Å². The third-order valence-electron chi connectivity index (χ3n) is 5.54. The summed E-state index contributed by atoms with van der Waals surface area (Å²) in [5, 5.41) is 9.05. The zero-order valence-corrected chi connectivity index (χ0v) is 20.3. The molecular weight excluding hydrogens is 420 g/mol. The first-order chi connectivity index (χ1) is 15.6. The monoisotopic (exact) mass is 454 g/mol. The van der Waals surface area contributed by atoms with E-state index in [-0.39, 0.29) is 31.1 Å². The summed E-state index contributed by atoms with van der Waals surface area (Å²) >= 11 is 0. The van der Waals surface area contributed by atoms with Crippen LogP contribution in [0.3, 0.4) is 0 Å². The minimum atomic E-state index is -0.426. The normalized spacial score (nSPS) is 16.0. The number of nitrogens with one attached hydrogen (secondary N) is 1. The lowest BCUT2D eigenvalue weighted by Crippen LogP contribution is -2.52. The van der Waals surface area contributed by atoms with Crippen molar-refractivity contribution in [2.45, 2.75) is 52.6 Å². The van der Waals surface area contributed by atoms with Gasteiger partial charge in [0.15, 0.2) is 0 Å². The van der Waals surface area contributed by atoms with Crippen LogP contribution in [0.25, 0.3) is 0 Å². The number of benzene rings is 1. The number of aryl methyl sites for hydroxylation is 2. The predicted molar refractivity (Wildman–Crippen MR) is 127 cm³/mol. The van der Waals surface area contributed by atoms with Gasteiger partial charge in [-0.05, 0) is 69.5 Å². The fourth-order valence-electron chi connectivity index (χ4n) is 3.63. The van der Waals surface area contributed by atoms with Crippen molar-refractivity contribution in [1.82, 2.24) is 15.2 Å². The van der Waals surface area contributed by atoms with Crippen LogP contribution >= 0.6 is 0 Å². The Hall–Kier alpha value is -3.13. The molecule has 0 unspecified atom stereocenters. The maximum Gasteiger partial charge on any atom is 0.318 e. The molecule has 1 aromatic carbocycles. The summed E-state index contributed by atoms with van der Waals surface area (Å²) < 4.78 is 10.8. The van der Waals surface area contributed by atoms with Crippen molar-refractivity contribution in [3.8, 4) is 0 Å². The number of hydrogen-bond donors (Lipinski definition) is 1. The molecule has 0 radical (unpaired) electrons. The van der Waals surface area contributed by atoms with Gasteiger partial charge in [-0.15, -0.1) is 0 Å². The quantitative estimate of drug-likeness (QED) is 0.684. The van der Waals surface area contributed by atoms with Crippen LogP contribution in [-0.4, -0.2) is 59.9 Å². The van der Waals surface area contributed by atoms with Gasteiger partial charge in [-0.25, -0.2) is 9.80 Å². The number of amides is 3. The minimum Gasteiger partial charge on any atom is -0.467 e. The van der Waals surface area contributed by atoms with Gasteiger partial charge in [-0.2, -0.15) is 5.10 Å². The summed E-state index contributed by atoms with van der Waals surface area (Å²) in [4.78, 5) is 27.7. The fraction of sp³-hybridized carbons (Fsp3) is 0.480. The SMILES string of the molecule is COCCN(CC(=O)N1N=C(c2ccc(C)c(C)c2)C[C@H]1c1ccco1)C(=O)NC(C)(C)C. The highest BCUT2D eigenvalue weighted by atomic mass is 16.5. The summed E-state index contributed by atoms with van der Waals surface area (Å²) in [5.74, 6) is 0.379. The number of carbonyl (C=O) groups is 2. The Morgan fingerprint density at radius 3 is 2.61 bits per heavy atom. The second kappa shape index (κ2) is 10.2. The van der Waals surface area contributed by atoms with Gasteiger partial charge in [0.1, 0.15) is 18.3 Å². The van der Waals surface area contributed by atoms with E-state index in [2.05, 4.69) is 36.4 Å². The summed E-state index contributed by atoms with van der Waals surface area (Å²) in [7, 11) is 1.56. The van der Waals surface area contributed by atoms with Crippen LogP contribution in [0.2, 0.25) is 0 Å². The van der Waals surface area contributed by atoms with Gasteiger partial charge in [0.05, 0.1) is 18.6 Å². The molecule has 0 saturated carbocycles. The van der Waals surface area contributed by atoms with Gasteiger partial charge in [-0.1, -0.05) is 12.1 Å². The van der Waals surface area contributed by atoms with Crippen molar-refractivity contribution >= 4 is 17.6 Å². The summed E-state index contributed by atoms with van der Waals surface area (Å²) in [6.07, 6.45) is 2.13. The molecule has 1 N–H and O–H groups in total. The molecule has 2 heterocycles. The Morgan fingerprint density at radius 2 is 2.00 bits per heavy atom. The van der Waals surface area contributed by atoms with E-state index in [0.717, 1.165) is 11.3 Å². The number of carbonyl (C=O) groups excluding carboxylic acids is 2. The lowest BCUT2D eigenvalue weighted by molar-refractivity contribution is -0.134. The van der Waals surface area contributed by atoms with Gasteiger partial charge in [0.2, 0.25) is 0 Å². The molecule has 1 aromatic heterocycles. The summed E-state index contributed by atoms with van der Waals surface area (Å²) in [5.41, 5.74) is 3.73. The number of rotatable bonds is 7. The molecule has 3 amide bonds. The van der Waals surface area contributed by atoms with Crippen LogP contribution in [0.15, 0.2) is 46.1 Å². The number of ether oxygens (including phenoxy) is 1. The molecule has 8 heteroatoms. The van der Waals surface area contributed by atoms with Crippen molar-refractivity contribution in [2.75, 3.05) is 26.8 Å². The number of urea groups is 1. The van der Waals surface area contributed by atoms with Crippen molar-refractivity contribution in [3.63, 3.8) is 0 Å². The highest BCUT2D eigenvalue weighted by Gasteiger charge is 2.36. The standard InChI is InChI=1S/C25H34N4O4/c1-17-9-10-19(14-18(17)2)20-15-21(22-8-7-12-33-22)29(27-20)23(30)16-28(11-13-32-6)24(31)26-25(3,4)5/h7-10,12,14,21H,11,13,15-16H2,1-6H3,(H,26,31)/t21-/m0/s1. The van der Waals surface area contributed by atoms with E-state index in [1.54, 1.807) is 19.4 Å². The Kier molecular flexibility index (Phi) is 7.58. The van der Waals surface area contributed by atoms with Crippen molar-refractivity contribution in [1.29, 1.82) is 0 Å². The van der Waals surface area contributed by atoms with Gasteiger partial charge >= 0.3 is 6.03 Å². The van der Waals surface area contributed by atoms with Gasteiger partial charge in [-0.3, -0.25) is 4.79 Å². The molecular formula is C25H34N4O4. The average Bonchev–Trinajstić information content (AvgIpc) is 3.41. The van der Waals surface area contributed by atoms with E-state index < -0.39 is 5.54 Å². The van der Waals surface area contributed by atoms with Crippen molar-refractivity contribution in [2.24, 2.45) is 5.10 Å². The maximum absolute atomic E-state index is 13.4. The number of nitrogens with zero attached hydrogens (tertiary/aromatic N) is 3. The molecule has 3 rings (SSSR count). The molecule has 33 heavy (non-hydrogen) atoms. The first-order valence-electron chi connectivity index (χ1n) is 11.2. The third-order valence-corrected chi connectivity index (χ3v) is 5.54. The Labute approximate surface area is 195 Å². The number of hydrazone groups is 1. The number of hydrogen-bond acceptors (Lipinski definition) is 5. The van der Waals surface area contributed by atoms with Crippen LogP contribution in [0.5, 0.6) is 0 Å². The molecule has 1 aliphatic heterocycles. The molecule has 1 aliphatic rings. The molecule has 8 nitrogen and oxygen atoms in total. The second-order valence-corrected chi connectivity index (χ2v) is 9.41. The van der Waals surface area contributed by atoms with Gasteiger partial charge in [0.25, 0.3) is 5.91 Å². The van der Waals surface area contributed by atoms with E-state index in [0.29, 0.717) is 18.8 Å². The maximum atomic E-state index is 13.4. The van der Waals surface area contributed by atoms with Crippen LogP contribution in [0.1, 0.15) is 55.7 Å². The van der Waals surface area contributed by atoms with Crippen LogP contribution in [-0.2, 0) is 9.53 Å². The highest BCUT2D eigenvalue weighted by molar-refractivity contribution is 6.03. The van der Waals surface area contributed by atoms with E-state index in [9.17, 15) is 9.59 Å². The zero-order valence-electron chi connectivity index (χ0n) is 20.3. The van der Waals surface area contributed by atoms with Crippen molar-refractivity contribution < 1.29 is 18.7 Å². The third kappa shape index (κ3) is 6.22. The molecule has 0 fully saturated rings. The summed E-state index contributed by atoms with van der Waals surface area (Å²) in [6.45, 7) is 10.3. The first kappa shape index (κ1) is 24.5. The molecule has 2 aromatic rings. The minimum absolute atomic E-state index is 0.119. The fourth-order valence-corrected chi connectivity index (χ4v) is 3.63. The Balaban J connectivity index is 1.86. The Morgan fingerprint density at radius 1 is 1.24 bits per heavy atom. The topological polar surface area (TPSA) is 87.4 Å². The molecule has 178 valence electrons. The van der Waals surface area contributed by atoms with Crippen LogP contribution in [0, 0.1) is 13.8 Å². The van der Waals surface area contributed by atoms with Crippen LogP contribution < -0.4 is 5.32 Å². The average molecular weight is 455 g/mol. The molecule has 1 atom stereocenters. The predicted octanol–water partition coefficient (Wildman–Crippen LogP) is 4.03. The van der Waals surface area contributed by atoms with Gasteiger partial charge in [0, 0.05) is 25.6 Å². The van der Waals surface area contributed by atoms with E-state index in [1.165, 1.54) is 21.0 Å². The second-order valence-electron chi connectivity index (χ2n) is 9.41. The largest absolute Gasteiger partial charge is 0.467 e. The molecule has 0 bridgehead atoms. The highest BCUT2D eigenvalue weighted by Crippen LogP contribution is 2.33. The van der Waals surface area contributed by atoms with E-state index >= 15 is 0 Å². The smallest absolute Gasteiger partial charge is 0.318 e. The van der Waals surface area contributed by atoms with Gasteiger partial charge < -0.3 is 19.4 Å². The molecule has 0 spiro atoms. The van der Waals surface area contributed by atoms with E-state index in [1.807, 2.05) is 32.9 Å². The molecule has 0 aliphatic carbocycles. The van der Waals surface area contributed by atoms with E-state index in [4.69, 9.17) is 9.15 Å². The zero-order chi connectivity index (χ0) is 24.2. The number of methoxy groups -OCH3 is 1. The lowest BCUT2D eigenvalue weighted by atomic mass is 9.99. The number of furan rings is 1. The summed E-state index contributed by atoms with van der Waals surface area (Å²) in [6, 6.07) is 9.13. The lowest BCUT2D eigenvalue weighted by Gasteiger charge is -2.29. The van der Waals surface area contributed by atoms with Crippen molar-refractivity contribution in [3.05, 3.63) is 59.0 Å².